The first-order valence-corrected chi connectivity index (χ1v) is 8.06. The van der Waals surface area contributed by atoms with Gasteiger partial charge in [0.25, 0.3) is 5.91 Å². The molecule has 0 unspecified atom stereocenters. The summed E-state index contributed by atoms with van der Waals surface area (Å²) in [5.41, 5.74) is 1.74. The van der Waals surface area contributed by atoms with Gasteiger partial charge < -0.3 is 10.1 Å². The molecule has 0 bridgehead atoms. The maximum absolute atomic E-state index is 11.9. The Morgan fingerprint density at radius 1 is 1.24 bits per heavy atom. The number of rotatable bonds is 4. The first-order chi connectivity index (χ1) is 9.95. The maximum atomic E-state index is 11.9. The van der Waals surface area contributed by atoms with Crippen LogP contribution in [0.2, 0.25) is 5.02 Å². The molecule has 0 aliphatic rings. The number of ether oxygens (including phenoxy) is 1. The molecule has 0 spiro atoms. The first-order valence-electron chi connectivity index (χ1n) is 6.09. The van der Waals surface area contributed by atoms with Crippen molar-refractivity contribution in [1.29, 1.82) is 0 Å². The molecule has 3 nitrogen and oxygen atoms in total. The van der Waals surface area contributed by atoms with Crippen LogP contribution < -0.4 is 10.1 Å². The molecule has 0 saturated heterocycles. The predicted molar refractivity (Wildman–Crippen MR) is 92.2 cm³/mol. The summed E-state index contributed by atoms with van der Waals surface area (Å²) in [5, 5.41) is 3.41. The highest BCUT2D eigenvalue weighted by atomic mass is 79.9. The lowest BCUT2D eigenvalue weighted by atomic mass is 10.2. The van der Waals surface area contributed by atoms with E-state index in [-0.39, 0.29) is 12.5 Å². The Hall–Kier alpha value is -1.04. The molecule has 0 aliphatic carbocycles. The minimum atomic E-state index is -0.220. The van der Waals surface area contributed by atoms with Crippen molar-refractivity contribution < 1.29 is 9.53 Å². The minimum Gasteiger partial charge on any atom is -0.483 e. The summed E-state index contributed by atoms with van der Waals surface area (Å²) in [5.74, 6) is 0.351. The van der Waals surface area contributed by atoms with Crippen LogP contribution in [-0.2, 0) is 4.79 Å². The van der Waals surface area contributed by atoms with Gasteiger partial charge in [-0.15, -0.1) is 0 Å². The lowest BCUT2D eigenvalue weighted by Gasteiger charge is -2.11. The van der Waals surface area contributed by atoms with Crippen LogP contribution in [0.3, 0.4) is 0 Å². The molecule has 6 heteroatoms. The van der Waals surface area contributed by atoms with Crippen molar-refractivity contribution in [3.63, 3.8) is 0 Å². The van der Waals surface area contributed by atoms with Crippen molar-refractivity contribution in [1.82, 2.24) is 0 Å². The summed E-state index contributed by atoms with van der Waals surface area (Å²) < 4.78 is 7.14. The van der Waals surface area contributed by atoms with Gasteiger partial charge in [-0.2, -0.15) is 0 Å². The number of amides is 1. The Kier molecular flexibility index (Phi) is 5.67. The highest BCUT2D eigenvalue weighted by Crippen LogP contribution is 2.28. The Bertz CT molecular complexity index is 677. The lowest BCUT2D eigenvalue weighted by molar-refractivity contribution is -0.118. The van der Waals surface area contributed by atoms with E-state index < -0.39 is 0 Å². The van der Waals surface area contributed by atoms with Crippen molar-refractivity contribution >= 4 is 55.1 Å². The van der Waals surface area contributed by atoms with E-state index >= 15 is 0 Å². The SMILES string of the molecule is Cc1cc(Br)ccc1NC(=O)COc1ccc(Cl)cc1Br. The summed E-state index contributed by atoms with van der Waals surface area (Å²) in [6.07, 6.45) is 0. The van der Waals surface area contributed by atoms with Gasteiger partial charge in [-0.25, -0.2) is 0 Å². The molecule has 0 heterocycles. The van der Waals surface area contributed by atoms with Gasteiger partial charge >= 0.3 is 0 Å². The fourth-order valence-electron chi connectivity index (χ4n) is 1.69. The molecule has 0 atom stereocenters. The number of aryl methyl sites for hydroxylation is 1. The van der Waals surface area contributed by atoms with E-state index in [4.69, 9.17) is 16.3 Å². The molecule has 21 heavy (non-hydrogen) atoms. The maximum Gasteiger partial charge on any atom is 0.262 e. The van der Waals surface area contributed by atoms with E-state index in [9.17, 15) is 4.79 Å². The second-order valence-electron chi connectivity index (χ2n) is 4.37. The number of carbonyl (C=O) groups is 1. The first kappa shape index (κ1) is 16.3. The zero-order chi connectivity index (χ0) is 15.4. The highest BCUT2D eigenvalue weighted by Gasteiger charge is 2.08. The monoisotopic (exact) mass is 431 g/mol. The second kappa shape index (κ2) is 7.29. The van der Waals surface area contributed by atoms with Crippen LogP contribution in [0.25, 0.3) is 0 Å². The average Bonchev–Trinajstić information content (AvgIpc) is 2.41. The van der Waals surface area contributed by atoms with E-state index in [0.717, 1.165) is 15.7 Å². The zero-order valence-corrected chi connectivity index (χ0v) is 15.0. The van der Waals surface area contributed by atoms with Crippen LogP contribution in [0.4, 0.5) is 5.69 Å². The second-order valence-corrected chi connectivity index (χ2v) is 6.58. The topological polar surface area (TPSA) is 38.3 Å². The molecule has 0 fully saturated rings. The van der Waals surface area contributed by atoms with E-state index in [1.54, 1.807) is 18.2 Å². The molecule has 2 aromatic carbocycles. The minimum absolute atomic E-state index is 0.0737. The van der Waals surface area contributed by atoms with Crippen molar-refractivity contribution in [3.05, 3.63) is 55.9 Å². The number of hydrogen-bond donors (Lipinski definition) is 1. The molecule has 0 radical (unpaired) electrons. The Balaban J connectivity index is 1.96. The fraction of sp³-hybridized carbons (Fsp3) is 0.133. The van der Waals surface area contributed by atoms with Gasteiger partial charge in [0.1, 0.15) is 5.75 Å². The molecule has 2 aromatic rings. The third-order valence-electron chi connectivity index (χ3n) is 2.72. The molecule has 110 valence electrons. The molecular weight excluding hydrogens is 421 g/mol. The van der Waals surface area contributed by atoms with Crippen molar-refractivity contribution in [2.75, 3.05) is 11.9 Å². The van der Waals surface area contributed by atoms with Crippen molar-refractivity contribution in [2.24, 2.45) is 0 Å². The van der Waals surface area contributed by atoms with Gasteiger partial charge in [0.05, 0.1) is 4.47 Å². The van der Waals surface area contributed by atoms with E-state index in [0.29, 0.717) is 15.2 Å². The van der Waals surface area contributed by atoms with Crippen LogP contribution in [0.1, 0.15) is 5.56 Å². The highest BCUT2D eigenvalue weighted by molar-refractivity contribution is 9.10. The van der Waals surface area contributed by atoms with E-state index in [1.807, 2.05) is 25.1 Å². The Morgan fingerprint density at radius 3 is 2.67 bits per heavy atom. The number of halogens is 3. The fourth-order valence-corrected chi connectivity index (χ4v) is 2.96. The Labute approximate surface area is 144 Å². The van der Waals surface area contributed by atoms with Gasteiger partial charge in [-0.05, 0) is 64.8 Å². The summed E-state index contributed by atoms with van der Waals surface area (Å²) in [4.78, 5) is 11.9. The summed E-state index contributed by atoms with van der Waals surface area (Å²) in [6.45, 7) is 1.85. The van der Waals surface area contributed by atoms with Gasteiger partial charge in [-0.1, -0.05) is 27.5 Å². The molecule has 0 aromatic heterocycles. The third-order valence-corrected chi connectivity index (χ3v) is 4.06. The molecular formula is C15H12Br2ClNO2. The molecule has 1 amide bonds. The number of hydrogen-bond acceptors (Lipinski definition) is 2. The van der Waals surface area contributed by atoms with Crippen LogP contribution in [0, 0.1) is 6.92 Å². The third kappa shape index (κ3) is 4.73. The normalized spacial score (nSPS) is 10.3. The summed E-state index contributed by atoms with van der Waals surface area (Å²) in [6, 6.07) is 10.8. The van der Waals surface area contributed by atoms with Gasteiger partial charge in [0.2, 0.25) is 0 Å². The standard InChI is InChI=1S/C15H12Br2ClNO2/c1-9-6-10(16)2-4-13(9)19-15(20)8-21-14-5-3-11(18)7-12(14)17/h2-7H,8H2,1H3,(H,19,20). The number of benzene rings is 2. The van der Waals surface area contributed by atoms with Gasteiger partial charge in [0.15, 0.2) is 6.61 Å². The average molecular weight is 434 g/mol. The van der Waals surface area contributed by atoms with Crippen LogP contribution in [0.5, 0.6) is 5.75 Å². The number of nitrogens with one attached hydrogen (secondary N) is 1. The number of carbonyl (C=O) groups excluding carboxylic acids is 1. The largest absolute Gasteiger partial charge is 0.483 e. The number of anilines is 1. The predicted octanol–water partition coefficient (Wildman–Crippen LogP) is 5.19. The summed E-state index contributed by atoms with van der Waals surface area (Å²) in [7, 11) is 0. The summed E-state index contributed by atoms with van der Waals surface area (Å²) >= 11 is 12.6. The smallest absolute Gasteiger partial charge is 0.262 e. The van der Waals surface area contributed by atoms with E-state index in [1.165, 1.54) is 0 Å². The van der Waals surface area contributed by atoms with E-state index in [2.05, 4.69) is 37.2 Å². The Morgan fingerprint density at radius 2 is 2.00 bits per heavy atom. The van der Waals surface area contributed by atoms with Crippen LogP contribution >= 0.6 is 43.5 Å². The van der Waals surface area contributed by atoms with Crippen molar-refractivity contribution in [3.8, 4) is 5.75 Å². The molecule has 0 saturated carbocycles. The molecule has 0 aliphatic heterocycles. The zero-order valence-electron chi connectivity index (χ0n) is 11.1. The van der Waals surface area contributed by atoms with Crippen molar-refractivity contribution in [2.45, 2.75) is 6.92 Å². The van der Waals surface area contributed by atoms with Crippen LogP contribution in [0.15, 0.2) is 45.3 Å². The lowest BCUT2D eigenvalue weighted by Crippen LogP contribution is -2.20. The molecule has 2 rings (SSSR count). The quantitative estimate of drug-likeness (QED) is 0.721. The van der Waals surface area contributed by atoms with Gasteiger partial charge in [0, 0.05) is 15.2 Å². The van der Waals surface area contributed by atoms with Gasteiger partial charge in [-0.3, -0.25) is 4.79 Å². The molecule has 1 N–H and O–H groups in total. The van der Waals surface area contributed by atoms with Crippen LogP contribution in [-0.4, -0.2) is 12.5 Å².